The number of rotatable bonds is 3. The molecule has 1 amide bonds. The molecule has 1 saturated carbocycles. The number of H-pyrrole nitrogens is 1. The Kier molecular flexibility index (Phi) is 3.85. The third kappa shape index (κ3) is 2.90. The van der Waals surface area contributed by atoms with Crippen LogP contribution in [0.15, 0.2) is 40.1 Å². The zero-order valence-electron chi connectivity index (χ0n) is 15.2. The molecule has 3 aromatic rings. The zero-order valence-corrected chi connectivity index (χ0v) is 15.2. The van der Waals surface area contributed by atoms with Gasteiger partial charge in [0.2, 0.25) is 5.91 Å². The van der Waals surface area contributed by atoms with E-state index in [0.717, 1.165) is 29.9 Å². The van der Waals surface area contributed by atoms with Gasteiger partial charge in [-0.2, -0.15) is 0 Å². The van der Waals surface area contributed by atoms with Crippen LogP contribution in [0.5, 0.6) is 0 Å². The number of para-hydroxylation sites is 1. The van der Waals surface area contributed by atoms with Crippen LogP contribution >= 0.6 is 0 Å². The molecule has 1 aliphatic carbocycles. The molecule has 0 spiro atoms. The van der Waals surface area contributed by atoms with E-state index >= 15 is 0 Å². The number of fused-ring (bicyclic) bond motifs is 2. The van der Waals surface area contributed by atoms with Crippen LogP contribution in [0.2, 0.25) is 0 Å². The number of aromatic amines is 1. The first kappa shape index (κ1) is 16.9. The molecule has 8 heteroatoms. The van der Waals surface area contributed by atoms with E-state index in [9.17, 15) is 14.4 Å². The highest BCUT2D eigenvalue weighted by Gasteiger charge is 2.29. The topological polar surface area (TPSA) is 101 Å². The number of nitrogens with one attached hydrogen (secondary N) is 1. The van der Waals surface area contributed by atoms with Gasteiger partial charge in [0.1, 0.15) is 12.4 Å². The zero-order chi connectivity index (χ0) is 19.3. The van der Waals surface area contributed by atoms with E-state index in [1.54, 1.807) is 29.2 Å². The van der Waals surface area contributed by atoms with Crippen molar-refractivity contribution in [3.05, 3.63) is 68.4 Å². The second kappa shape index (κ2) is 6.40. The van der Waals surface area contributed by atoms with Gasteiger partial charge in [0.15, 0.2) is 0 Å². The van der Waals surface area contributed by atoms with Crippen LogP contribution in [0.4, 0.5) is 0 Å². The molecule has 1 fully saturated rings. The van der Waals surface area contributed by atoms with Crippen LogP contribution in [0.3, 0.4) is 0 Å². The Labute approximate surface area is 159 Å². The highest BCUT2D eigenvalue weighted by Crippen LogP contribution is 2.38. The van der Waals surface area contributed by atoms with E-state index < -0.39 is 11.2 Å². The number of hydrogen-bond acceptors (Lipinski definition) is 5. The molecule has 2 aromatic heterocycles. The first-order valence-electron chi connectivity index (χ1n) is 9.44. The predicted molar refractivity (Wildman–Crippen MR) is 102 cm³/mol. The summed E-state index contributed by atoms with van der Waals surface area (Å²) >= 11 is 0. The van der Waals surface area contributed by atoms with E-state index in [0.29, 0.717) is 36.3 Å². The molecule has 0 atom stereocenters. The Hall–Kier alpha value is -3.29. The summed E-state index contributed by atoms with van der Waals surface area (Å²) in [5.74, 6) is 1.26. The maximum atomic E-state index is 12.9. The van der Waals surface area contributed by atoms with E-state index in [1.165, 1.54) is 4.57 Å². The summed E-state index contributed by atoms with van der Waals surface area (Å²) in [5, 5.41) is 0.389. The van der Waals surface area contributed by atoms with Crippen molar-refractivity contribution in [3.63, 3.8) is 0 Å². The highest BCUT2D eigenvalue weighted by atomic mass is 16.2. The minimum atomic E-state index is -0.577. The largest absolute Gasteiger partial charge is 0.336 e. The molecule has 142 valence electrons. The van der Waals surface area contributed by atoms with Crippen LogP contribution in [0.1, 0.15) is 35.8 Å². The van der Waals surface area contributed by atoms with Gasteiger partial charge in [-0.3, -0.25) is 19.1 Å². The predicted octanol–water partition coefficient (Wildman–Crippen LogP) is 0.942. The molecular formula is C20H19N5O3. The molecule has 0 bridgehead atoms. The lowest BCUT2D eigenvalue weighted by atomic mass is 10.1. The van der Waals surface area contributed by atoms with Gasteiger partial charge in [-0.25, -0.2) is 14.8 Å². The van der Waals surface area contributed by atoms with E-state index in [4.69, 9.17) is 0 Å². The number of aromatic nitrogens is 4. The maximum Gasteiger partial charge on any atom is 0.329 e. The molecule has 0 saturated heterocycles. The smallest absolute Gasteiger partial charge is 0.329 e. The Morgan fingerprint density at radius 1 is 1.21 bits per heavy atom. The standard InChI is InChI=1S/C20H19N5O3/c26-17(11-25-16-4-2-1-3-14(16)19(27)23-20(25)28)24-8-7-15-13(10-24)9-21-18(22-15)12-5-6-12/h1-4,9,12H,5-8,10-11H2,(H,23,27,28). The molecular weight excluding hydrogens is 358 g/mol. The van der Waals surface area contributed by atoms with Crippen LogP contribution in [-0.4, -0.2) is 36.9 Å². The fourth-order valence-electron chi connectivity index (χ4n) is 3.72. The Morgan fingerprint density at radius 3 is 2.86 bits per heavy atom. The Balaban J connectivity index is 1.40. The second-order valence-electron chi connectivity index (χ2n) is 7.40. The number of hydrogen-bond donors (Lipinski definition) is 1. The van der Waals surface area contributed by atoms with Gasteiger partial charge in [-0.15, -0.1) is 0 Å². The summed E-state index contributed by atoms with van der Waals surface area (Å²) in [4.78, 5) is 50.3. The quantitative estimate of drug-likeness (QED) is 0.732. The summed E-state index contributed by atoms with van der Waals surface area (Å²) < 4.78 is 1.32. The van der Waals surface area contributed by atoms with Crippen LogP contribution in [-0.2, 0) is 24.3 Å². The van der Waals surface area contributed by atoms with Gasteiger partial charge >= 0.3 is 5.69 Å². The van der Waals surface area contributed by atoms with Crippen molar-refractivity contribution in [2.45, 2.75) is 38.3 Å². The van der Waals surface area contributed by atoms with Gasteiger partial charge in [-0.05, 0) is 25.0 Å². The van der Waals surface area contributed by atoms with Gasteiger partial charge in [-0.1, -0.05) is 12.1 Å². The Morgan fingerprint density at radius 2 is 2.04 bits per heavy atom. The highest BCUT2D eigenvalue weighted by molar-refractivity contribution is 5.81. The van der Waals surface area contributed by atoms with E-state index in [-0.39, 0.29) is 12.5 Å². The molecule has 3 heterocycles. The fourth-order valence-corrected chi connectivity index (χ4v) is 3.72. The van der Waals surface area contributed by atoms with Gasteiger partial charge in [0.05, 0.1) is 16.6 Å². The molecule has 0 radical (unpaired) electrons. The number of amides is 1. The van der Waals surface area contributed by atoms with E-state index in [2.05, 4.69) is 15.0 Å². The van der Waals surface area contributed by atoms with Crippen molar-refractivity contribution >= 4 is 16.8 Å². The lowest BCUT2D eigenvalue weighted by molar-refractivity contribution is -0.132. The average Bonchev–Trinajstić information content (AvgIpc) is 3.55. The van der Waals surface area contributed by atoms with Gasteiger partial charge in [0, 0.05) is 37.2 Å². The number of carbonyl (C=O) groups is 1. The van der Waals surface area contributed by atoms with E-state index in [1.807, 2.05) is 6.20 Å². The van der Waals surface area contributed by atoms with Crippen molar-refractivity contribution in [2.24, 2.45) is 0 Å². The summed E-state index contributed by atoms with van der Waals surface area (Å²) in [5.41, 5.74) is 1.42. The SMILES string of the molecule is O=C(Cn1c(=O)[nH]c(=O)c2ccccc21)N1CCc2nc(C3CC3)ncc2C1. The summed E-state index contributed by atoms with van der Waals surface area (Å²) in [6, 6.07) is 6.79. The molecule has 0 unspecified atom stereocenters. The monoisotopic (exact) mass is 377 g/mol. The summed E-state index contributed by atoms with van der Waals surface area (Å²) in [6.07, 6.45) is 4.83. The van der Waals surface area contributed by atoms with Crippen molar-refractivity contribution in [2.75, 3.05) is 6.54 Å². The molecule has 1 aliphatic heterocycles. The molecule has 5 rings (SSSR count). The fraction of sp³-hybridized carbons (Fsp3) is 0.350. The number of nitrogens with zero attached hydrogens (tertiary/aromatic N) is 4. The van der Waals surface area contributed by atoms with Crippen LogP contribution in [0, 0.1) is 0 Å². The third-order valence-corrected chi connectivity index (χ3v) is 5.45. The Bertz CT molecular complexity index is 1210. The lowest BCUT2D eigenvalue weighted by Crippen LogP contribution is -2.41. The minimum absolute atomic E-state index is 0.119. The first-order chi connectivity index (χ1) is 13.6. The van der Waals surface area contributed by atoms with Crippen LogP contribution < -0.4 is 11.2 Å². The van der Waals surface area contributed by atoms with Crippen molar-refractivity contribution in [3.8, 4) is 0 Å². The van der Waals surface area contributed by atoms with Crippen LogP contribution in [0.25, 0.3) is 10.9 Å². The molecule has 1 aromatic carbocycles. The average molecular weight is 377 g/mol. The molecule has 1 N–H and O–H groups in total. The molecule has 8 nitrogen and oxygen atoms in total. The van der Waals surface area contributed by atoms with Gasteiger partial charge < -0.3 is 4.90 Å². The van der Waals surface area contributed by atoms with Crippen molar-refractivity contribution in [1.29, 1.82) is 0 Å². The second-order valence-corrected chi connectivity index (χ2v) is 7.40. The first-order valence-corrected chi connectivity index (χ1v) is 9.44. The summed E-state index contributed by atoms with van der Waals surface area (Å²) in [6.45, 7) is 0.880. The van der Waals surface area contributed by atoms with Gasteiger partial charge in [0.25, 0.3) is 5.56 Å². The van der Waals surface area contributed by atoms with Crippen molar-refractivity contribution in [1.82, 2.24) is 24.4 Å². The normalized spacial score (nSPS) is 16.2. The summed E-state index contributed by atoms with van der Waals surface area (Å²) in [7, 11) is 0. The maximum absolute atomic E-state index is 12.9. The molecule has 2 aliphatic rings. The molecule has 28 heavy (non-hydrogen) atoms. The van der Waals surface area contributed by atoms with Crippen molar-refractivity contribution < 1.29 is 4.79 Å². The number of carbonyl (C=O) groups excluding carboxylic acids is 1. The number of benzene rings is 1. The lowest BCUT2D eigenvalue weighted by Gasteiger charge is -2.28. The third-order valence-electron chi connectivity index (χ3n) is 5.45. The minimum Gasteiger partial charge on any atom is -0.336 e.